The van der Waals surface area contributed by atoms with Gasteiger partial charge in [-0.05, 0) is 65.1 Å². The standard InChI is InChI=1S/C15H29N3O/c1-3-17(4-2)15(19)12-18-10-6-8-14(18)13-7-5-9-16-11-13/h13-14,16H,3-12H2,1-2H3. The second-order valence-corrected chi connectivity index (χ2v) is 5.85. The second kappa shape index (κ2) is 7.25. The van der Waals surface area contributed by atoms with E-state index in [1.54, 1.807) is 0 Å². The van der Waals surface area contributed by atoms with Gasteiger partial charge in [0.05, 0.1) is 6.54 Å². The zero-order valence-electron chi connectivity index (χ0n) is 12.5. The van der Waals surface area contributed by atoms with Gasteiger partial charge >= 0.3 is 0 Å². The minimum atomic E-state index is 0.306. The maximum absolute atomic E-state index is 12.3. The van der Waals surface area contributed by atoms with Crippen molar-refractivity contribution in [3.63, 3.8) is 0 Å². The largest absolute Gasteiger partial charge is 0.342 e. The topological polar surface area (TPSA) is 35.6 Å². The van der Waals surface area contributed by atoms with Crippen molar-refractivity contribution in [2.75, 3.05) is 39.3 Å². The molecular weight excluding hydrogens is 238 g/mol. The maximum atomic E-state index is 12.3. The molecular formula is C15H29N3O. The van der Waals surface area contributed by atoms with E-state index in [0.717, 1.165) is 32.1 Å². The summed E-state index contributed by atoms with van der Waals surface area (Å²) < 4.78 is 0. The van der Waals surface area contributed by atoms with E-state index in [0.29, 0.717) is 18.5 Å². The van der Waals surface area contributed by atoms with Gasteiger partial charge in [0.1, 0.15) is 0 Å². The molecule has 2 aliphatic heterocycles. The Balaban J connectivity index is 1.89. The SMILES string of the molecule is CCN(CC)C(=O)CN1CCCC1C1CCCNC1. The molecule has 2 rings (SSSR count). The molecule has 0 saturated carbocycles. The van der Waals surface area contributed by atoms with Crippen molar-refractivity contribution in [3.8, 4) is 0 Å². The monoisotopic (exact) mass is 267 g/mol. The van der Waals surface area contributed by atoms with Crippen LogP contribution >= 0.6 is 0 Å². The van der Waals surface area contributed by atoms with E-state index in [1.165, 1.54) is 32.2 Å². The lowest BCUT2D eigenvalue weighted by atomic mass is 9.90. The smallest absolute Gasteiger partial charge is 0.236 e. The van der Waals surface area contributed by atoms with E-state index < -0.39 is 0 Å². The highest BCUT2D eigenvalue weighted by Crippen LogP contribution is 2.28. The van der Waals surface area contributed by atoms with Gasteiger partial charge in [-0.1, -0.05) is 0 Å². The summed E-state index contributed by atoms with van der Waals surface area (Å²) in [7, 11) is 0. The Morgan fingerprint density at radius 1 is 1.26 bits per heavy atom. The van der Waals surface area contributed by atoms with Gasteiger partial charge in [-0.25, -0.2) is 0 Å². The molecule has 0 aliphatic carbocycles. The third-order valence-electron chi connectivity index (χ3n) is 4.75. The van der Waals surface area contributed by atoms with Crippen LogP contribution in [0.4, 0.5) is 0 Å². The number of piperidine rings is 1. The molecule has 2 unspecified atom stereocenters. The summed E-state index contributed by atoms with van der Waals surface area (Å²) in [5, 5.41) is 3.51. The Morgan fingerprint density at radius 3 is 2.68 bits per heavy atom. The first-order chi connectivity index (χ1) is 9.26. The summed E-state index contributed by atoms with van der Waals surface area (Å²) in [6.45, 7) is 9.83. The first kappa shape index (κ1) is 14.8. The van der Waals surface area contributed by atoms with Crippen LogP contribution in [0.2, 0.25) is 0 Å². The van der Waals surface area contributed by atoms with E-state index in [1.807, 2.05) is 4.90 Å². The fraction of sp³-hybridized carbons (Fsp3) is 0.933. The molecule has 0 aromatic heterocycles. The molecule has 0 aromatic carbocycles. The minimum absolute atomic E-state index is 0.306. The molecule has 2 aliphatic rings. The van der Waals surface area contributed by atoms with Gasteiger partial charge in [0.2, 0.25) is 5.91 Å². The first-order valence-corrected chi connectivity index (χ1v) is 7.98. The molecule has 0 aromatic rings. The molecule has 4 nitrogen and oxygen atoms in total. The molecule has 4 heteroatoms. The van der Waals surface area contributed by atoms with Gasteiger partial charge in [0.25, 0.3) is 0 Å². The Labute approximate surface area is 117 Å². The fourth-order valence-corrected chi connectivity index (χ4v) is 3.64. The normalized spacial score (nSPS) is 28.5. The van der Waals surface area contributed by atoms with E-state index in [4.69, 9.17) is 0 Å². The van der Waals surface area contributed by atoms with Gasteiger partial charge in [-0.2, -0.15) is 0 Å². The molecule has 19 heavy (non-hydrogen) atoms. The van der Waals surface area contributed by atoms with Crippen LogP contribution in [0.1, 0.15) is 39.5 Å². The number of nitrogens with one attached hydrogen (secondary N) is 1. The van der Waals surface area contributed by atoms with Crippen LogP contribution in [0, 0.1) is 5.92 Å². The van der Waals surface area contributed by atoms with E-state index in [2.05, 4.69) is 24.1 Å². The molecule has 0 bridgehead atoms. The highest BCUT2D eigenvalue weighted by Gasteiger charge is 2.33. The average Bonchev–Trinajstić information content (AvgIpc) is 2.89. The van der Waals surface area contributed by atoms with E-state index >= 15 is 0 Å². The minimum Gasteiger partial charge on any atom is -0.342 e. The van der Waals surface area contributed by atoms with Gasteiger partial charge < -0.3 is 10.2 Å². The molecule has 2 heterocycles. The van der Waals surface area contributed by atoms with Crippen LogP contribution in [0.25, 0.3) is 0 Å². The van der Waals surface area contributed by atoms with Crippen molar-refractivity contribution < 1.29 is 4.79 Å². The number of carbonyl (C=O) groups is 1. The number of rotatable bonds is 5. The molecule has 2 saturated heterocycles. The van der Waals surface area contributed by atoms with Crippen molar-refractivity contribution >= 4 is 5.91 Å². The first-order valence-electron chi connectivity index (χ1n) is 7.98. The number of likely N-dealkylation sites (tertiary alicyclic amines) is 1. The molecule has 1 amide bonds. The quantitative estimate of drug-likeness (QED) is 0.816. The fourth-order valence-electron chi connectivity index (χ4n) is 3.64. The Hall–Kier alpha value is -0.610. The van der Waals surface area contributed by atoms with Crippen molar-refractivity contribution in [2.24, 2.45) is 5.92 Å². The molecule has 110 valence electrons. The summed E-state index contributed by atoms with van der Waals surface area (Å²) in [5.41, 5.74) is 0. The van der Waals surface area contributed by atoms with Gasteiger partial charge in [0.15, 0.2) is 0 Å². The predicted molar refractivity (Wildman–Crippen MR) is 78.1 cm³/mol. The third-order valence-corrected chi connectivity index (χ3v) is 4.75. The van der Waals surface area contributed by atoms with Gasteiger partial charge in [-0.3, -0.25) is 9.69 Å². The number of carbonyl (C=O) groups excluding carboxylic acids is 1. The summed E-state index contributed by atoms with van der Waals surface area (Å²) in [5.74, 6) is 1.06. The van der Waals surface area contributed by atoms with Crippen LogP contribution in [0.15, 0.2) is 0 Å². The van der Waals surface area contributed by atoms with E-state index in [-0.39, 0.29) is 0 Å². The van der Waals surface area contributed by atoms with Crippen LogP contribution in [-0.4, -0.2) is 61.0 Å². The summed E-state index contributed by atoms with van der Waals surface area (Å²) in [6.07, 6.45) is 5.15. The maximum Gasteiger partial charge on any atom is 0.236 e. The lowest BCUT2D eigenvalue weighted by Crippen LogP contribution is -2.47. The Bertz CT molecular complexity index is 285. The number of nitrogens with zero attached hydrogens (tertiary/aromatic N) is 2. The van der Waals surface area contributed by atoms with Gasteiger partial charge in [-0.15, -0.1) is 0 Å². The summed E-state index contributed by atoms with van der Waals surface area (Å²) in [4.78, 5) is 16.7. The number of hydrogen-bond donors (Lipinski definition) is 1. The summed E-state index contributed by atoms with van der Waals surface area (Å²) in [6, 6.07) is 0.632. The van der Waals surface area contributed by atoms with Crippen LogP contribution in [0.3, 0.4) is 0 Å². The lowest BCUT2D eigenvalue weighted by molar-refractivity contribution is -0.132. The average molecular weight is 267 g/mol. The second-order valence-electron chi connectivity index (χ2n) is 5.85. The van der Waals surface area contributed by atoms with Crippen molar-refractivity contribution in [1.29, 1.82) is 0 Å². The van der Waals surface area contributed by atoms with Crippen LogP contribution < -0.4 is 5.32 Å². The van der Waals surface area contributed by atoms with Crippen LogP contribution in [0.5, 0.6) is 0 Å². The summed E-state index contributed by atoms with van der Waals surface area (Å²) >= 11 is 0. The van der Waals surface area contributed by atoms with Gasteiger partial charge in [0, 0.05) is 19.1 Å². The number of amides is 1. The zero-order valence-corrected chi connectivity index (χ0v) is 12.5. The number of likely N-dealkylation sites (N-methyl/N-ethyl adjacent to an activating group) is 1. The molecule has 0 radical (unpaired) electrons. The highest BCUT2D eigenvalue weighted by atomic mass is 16.2. The molecule has 2 fully saturated rings. The van der Waals surface area contributed by atoms with Crippen molar-refractivity contribution in [3.05, 3.63) is 0 Å². The number of hydrogen-bond acceptors (Lipinski definition) is 3. The molecule has 0 spiro atoms. The van der Waals surface area contributed by atoms with Crippen molar-refractivity contribution in [2.45, 2.75) is 45.6 Å². The molecule has 1 N–H and O–H groups in total. The van der Waals surface area contributed by atoms with Crippen molar-refractivity contribution in [1.82, 2.24) is 15.1 Å². The molecule has 2 atom stereocenters. The van der Waals surface area contributed by atoms with Crippen LogP contribution in [-0.2, 0) is 4.79 Å². The third kappa shape index (κ3) is 3.69. The van der Waals surface area contributed by atoms with E-state index in [9.17, 15) is 4.79 Å². The zero-order chi connectivity index (χ0) is 13.7. The Kier molecular flexibility index (Phi) is 5.64. The Morgan fingerprint density at radius 2 is 2.05 bits per heavy atom. The highest BCUT2D eigenvalue weighted by molar-refractivity contribution is 5.78. The lowest BCUT2D eigenvalue weighted by Gasteiger charge is -2.35. The predicted octanol–water partition coefficient (Wildman–Crippen LogP) is 1.32.